The molecule has 5 rings (SSSR count). The van der Waals surface area contributed by atoms with E-state index in [2.05, 4.69) is 33.2 Å². The fraction of sp³-hybridized carbons (Fsp3) is 0.385. The number of hydrogen-bond donors (Lipinski definition) is 2. The minimum Gasteiger partial charge on any atom is -0.352 e. The Hall–Kier alpha value is -3.52. The zero-order valence-electron chi connectivity index (χ0n) is 19.8. The SMILES string of the molecule is CCN(Cc1nc2cc(C(=O)NCCc3cncn3C)ccc2[nH]1)C1CCCc2cccnc21. The van der Waals surface area contributed by atoms with Gasteiger partial charge in [0.05, 0.1) is 35.6 Å². The van der Waals surface area contributed by atoms with Gasteiger partial charge in [0, 0.05) is 43.7 Å². The average Bonchev–Trinajstić information content (AvgIpc) is 3.46. The molecular weight excluding hydrogens is 426 g/mol. The molecule has 1 atom stereocenters. The molecule has 1 aliphatic carbocycles. The number of carbonyl (C=O) groups is 1. The predicted octanol–water partition coefficient (Wildman–Crippen LogP) is 3.56. The summed E-state index contributed by atoms with van der Waals surface area (Å²) in [6, 6.07) is 10.2. The Morgan fingerprint density at radius 1 is 1.32 bits per heavy atom. The van der Waals surface area contributed by atoms with E-state index in [9.17, 15) is 4.79 Å². The zero-order valence-corrected chi connectivity index (χ0v) is 19.8. The van der Waals surface area contributed by atoms with Gasteiger partial charge in [-0.05, 0) is 55.6 Å². The van der Waals surface area contributed by atoms with Crippen molar-refractivity contribution in [3.05, 3.63) is 77.4 Å². The third-order valence-corrected chi connectivity index (χ3v) is 6.74. The van der Waals surface area contributed by atoms with Crippen LogP contribution in [0.5, 0.6) is 0 Å². The molecule has 176 valence electrons. The van der Waals surface area contributed by atoms with Gasteiger partial charge in [0.1, 0.15) is 5.82 Å². The third-order valence-electron chi connectivity index (χ3n) is 6.74. The number of hydrogen-bond acceptors (Lipinski definition) is 5. The van der Waals surface area contributed by atoms with Gasteiger partial charge in [0.15, 0.2) is 0 Å². The first-order chi connectivity index (χ1) is 16.6. The summed E-state index contributed by atoms with van der Waals surface area (Å²) in [7, 11) is 1.95. The van der Waals surface area contributed by atoms with Crippen LogP contribution in [0.2, 0.25) is 0 Å². The number of benzene rings is 1. The monoisotopic (exact) mass is 457 g/mol. The number of fused-ring (bicyclic) bond motifs is 2. The van der Waals surface area contributed by atoms with Gasteiger partial charge in [-0.3, -0.25) is 14.7 Å². The van der Waals surface area contributed by atoms with Crippen LogP contribution in [0.25, 0.3) is 11.0 Å². The average molecular weight is 458 g/mol. The number of imidazole rings is 2. The first-order valence-electron chi connectivity index (χ1n) is 12.0. The van der Waals surface area contributed by atoms with Crippen molar-refractivity contribution >= 4 is 16.9 Å². The first kappa shape index (κ1) is 22.3. The minimum atomic E-state index is -0.0892. The molecule has 0 radical (unpaired) electrons. The maximum Gasteiger partial charge on any atom is 0.251 e. The second-order valence-electron chi connectivity index (χ2n) is 8.94. The highest BCUT2D eigenvalue weighted by Crippen LogP contribution is 2.33. The molecule has 0 spiro atoms. The molecule has 3 aromatic heterocycles. The Balaban J connectivity index is 1.27. The van der Waals surface area contributed by atoms with Gasteiger partial charge in [0.2, 0.25) is 0 Å². The topological polar surface area (TPSA) is 91.7 Å². The summed E-state index contributed by atoms with van der Waals surface area (Å²) in [5.41, 5.74) is 6.03. The van der Waals surface area contributed by atoms with E-state index in [1.165, 1.54) is 17.7 Å². The number of amides is 1. The molecule has 0 saturated heterocycles. The molecule has 1 aromatic carbocycles. The standard InChI is InChI=1S/C26H31N7O/c1-3-33(23-8-4-6-18-7-5-12-28-25(18)23)16-24-30-21-10-9-19(14-22(21)31-24)26(34)29-13-11-20-15-27-17-32(20)2/h5,7,9-10,12,14-15,17,23H,3-4,6,8,11,13,16H2,1-2H3,(H,29,34)(H,30,31). The normalized spacial score (nSPS) is 15.6. The molecule has 0 fully saturated rings. The van der Waals surface area contributed by atoms with Crippen LogP contribution in [0, 0.1) is 0 Å². The van der Waals surface area contributed by atoms with Gasteiger partial charge in [-0.15, -0.1) is 0 Å². The number of pyridine rings is 1. The van der Waals surface area contributed by atoms with Crippen molar-refractivity contribution in [1.82, 2.24) is 34.7 Å². The van der Waals surface area contributed by atoms with Crippen LogP contribution in [-0.2, 0) is 26.4 Å². The van der Waals surface area contributed by atoms with Crippen molar-refractivity contribution in [3.63, 3.8) is 0 Å². The summed E-state index contributed by atoms with van der Waals surface area (Å²) >= 11 is 0. The van der Waals surface area contributed by atoms with E-state index in [0.29, 0.717) is 18.2 Å². The van der Waals surface area contributed by atoms with E-state index < -0.39 is 0 Å². The van der Waals surface area contributed by atoms with E-state index in [1.807, 2.05) is 48.3 Å². The Bertz CT molecular complexity index is 1290. The molecule has 0 bridgehead atoms. The largest absolute Gasteiger partial charge is 0.352 e. The van der Waals surface area contributed by atoms with Gasteiger partial charge in [-0.2, -0.15) is 0 Å². The summed E-state index contributed by atoms with van der Waals surface area (Å²) in [4.78, 5) is 32.2. The Kier molecular flexibility index (Phi) is 6.40. The highest BCUT2D eigenvalue weighted by molar-refractivity contribution is 5.97. The van der Waals surface area contributed by atoms with Gasteiger partial charge in [-0.25, -0.2) is 9.97 Å². The summed E-state index contributed by atoms with van der Waals surface area (Å²) in [5, 5.41) is 3.00. The number of H-pyrrole nitrogens is 1. The molecule has 8 nitrogen and oxygen atoms in total. The number of nitrogens with one attached hydrogen (secondary N) is 2. The van der Waals surface area contributed by atoms with Crippen molar-refractivity contribution in [2.24, 2.45) is 7.05 Å². The highest BCUT2D eigenvalue weighted by Gasteiger charge is 2.27. The number of rotatable bonds is 8. The molecule has 1 unspecified atom stereocenters. The minimum absolute atomic E-state index is 0.0892. The fourth-order valence-electron chi connectivity index (χ4n) is 4.88. The molecule has 4 aromatic rings. The number of nitrogens with zero attached hydrogens (tertiary/aromatic N) is 5. The number of aromatic amines is 1. The lowest BCUT2D eigenvalue weighted by molar-refractivity contribution is 0.0954. The molecule has 0 saturated carbocycles. The number of aryl methyl sites for hydroxylation is 2. The van der Waals surface area contributed by atoms with Crippen LogP contribution < -0.4 is 5.32 Å². The maximum atomic E-state index is 12.7. The molecule has 0 aliphatic heterocycles. The Morgan fingerprint density at radius 2 is 2.24 bits per heavy atom. The third kappa shape index (κ3) is 4.59. The summed E-state index contributed by atoms with van der Waals surface area (Å²) < 4.78 is 1.96. The lowest BCUT2D eigenvalue weighted by atomic mass is 9.91. The maximum absolute atomic E-state index is 12.7. The molecule has 8 heteroatoms. The van der Waals surface area contributed by atoms with Crippen molar-refractivity contribution in [2.75, 3.05) is 13.1 Å². The Morgan fingerprint density at radius 3 is 3.06 bits per heavy atom. The van der Waals surface area contributed by atoms with Crippen molar-refractivity contribution in [3.8, 4) is 0 Å². The van der Waals surface area contributed by atoms with Crippen LogP contribution in [0.15, 0.2) is 49.1 Å². The molecule has 2 N–H and O–H groups in total. The fourth-order valence-corrected chi connectivity index (χ4v) is 4.88. The smallest absolute Gasteiger partial charge is 0.251 e. The second kappa shape index (κ2) is 9.77. The quantitative estimate of drug-likeness (QED) is 0.422. The first-order valence-corrected chi connectivity index (χ1v) is 12.0. The molecular formula is C26H31N7O. The van der Waals surface area contributed by atoms with E-state index in [0.717, 1.165) is 54.9 Å². The summed E-state index contributed by atoms with van der Waals surface area (Å²) in [6.45, 7) is 4.39. The van der Waals surface area contributed by atoms with Gasteiger partial charge < -0.3 is 14.9 Å². The highest BCUT2D eigenvalue weighted by atomic mass is 16.1. The van der Waals surface area contributed by atoms with Crippen LogP contribution in [-0.4, -0.2) is 48.4 Å². The van der Waals surface area contributed by atoms with Crippen LogP contribution in [0.3, 0.4) is 0 Å². The second-order valence-corrected chi connectivity index (χ2v) is 8.94. The molecule has 34 heavy (non-hydrogen) atoms. The number of aromatic nitrogens is 5. The van der Waals surface area contributed by atoms with E-state index >= 15 is 0 Å². The van der Waals surface area contributed by atoms with Gasteiger partial charge >= 0.3 is 0 Å². The summed E-state index contributed by atoms with van der Waals surface area (Å²) in [5.74, 6) is 0.822. The Labute approximate surface area is 199 Å². The van der Waals surface area contributed by atoms with Crippen molar-refractivity contribution < 1.29 is 4.79 Å². The van der Waals surface area contributed by atoms with Gasteiger partial charge in [0.25, 0.3) is 5.91 Å². The van der Waals surface area contributed by atoms with E-state index in [-0.39, 0.29) is 5.91 Å². The summed E-state index contributed by atoms with van der Waals surface area (Å²) in [6.07, 6.45) is 9.63. The van der Waals surface area contributed by atoms with E-state index in [4.69, 9.17) is 9.97 Å². The number of carbonyl (C=O) groups excluding carboxylic acids is 1. The van der Waals surface area contributed by atoms with Crippen LogP contribution >= 0.6 is 0 Å². The van der Waals surface area contributed by atoms with Crippen LogP contribution in [0.4, 0.5) is 0 Å². The molecule has 3 heterocycles. The zero-order chi connectivity index (χ0) is 23.5. The van der Waals surface area contributed by atoms with Crippen molar-refractivity contribution in [2.45, 2.75) is 45.2 Å². The van der Waals surface area contributed by atoms with E-state index in [1.54, 1.807) is 6.33 Å². The van der Waals surface area contributed by atoms with Crippen LogP contribution in [0.1, 0.15) is 58.9 Å². The molecule has 1 amide bonds. The predicted molar refractivity (Wildman–Crippen MR) is 131 cm³/mol. The lowest BCUT2D eigenvalue weighted by Crippen LogP contribution is -2.32. The molecule has 1 aliphatic rings. The van der Waals surface area contributed by atoms with Crippen molar-refractivity contribution in [1.29, 1.82) is 0 Å². The lowest BCUT2D eigenvalue weighted by Gasteiger charge is -2.33. The van der Waals surface area contributed by atoms with Gasteiger partial charge in [-0.1, -0.05) is 13.0 Å².